The van der Waals surface area contributed by atoms with E-state index in [4.69, 9.17) is 4.74 Å². The molecule has 2 nitrogen and oxygen atoms in total. The second kappa shape index (κ2) is 5.36. The van der Waals surface area contributed by atoms with E-state index in [0.29, 0.717) is 0 Å². The van der Waals surface area contributed by atoms with Crippen molar-refractivity contribution in [2.75, 3.05) is 0 Å². The van der Waals surface area contributed by atoms with Gasteiger partial charge >= 0.3 is 5.97 Å². The molecule has 2 aromatic carbocycles. The Labute approximate surface area is 113 Å². The summed E-state index contributed by atoms with van der Waals surface area (Å²) in [5.74, 6) is -5.42. The van der Waals surface area contributed by atoms with Gasteiger partial charge in [-0.25, -0.2) is 18.0 Å². The number of carbonyl (C=O) groups is 1. The van der Waals surface area contributed by atoms with E-state index in [9.17, 15) is 18.0 Å². The van der Waals surface area contributed by atoms with Gasteiger partial charge < -0.3 is 4.74 Å². The predicted molar refractivity (Wildman–Crippen MR) is 67.2 cm³/mol. The van der Waals surface area contributed by atoms with Crippen molar-refractivity contribution in [3.8, 4) is 5.75 Å². The third-order valence-electron chi connectivity index (χ3n) is 2.78. The van der Waals surface area contributed by atoms with Crippen LogP contribution in [0.25, 0.3) is 0 Å². The van der Waals surface area contributed by atoms with Crippen LogP contribution >= 0.6 is 0 Å². The van der Waals surface area contributed by atoms with E-state index in [2.05, 4.69) is 0 Å². The zero-order chi connectivity index (χ0) is 14.9. The monoisotopic (exact) mass is 280 g/mol. The molecule has 0 saturated carbocycles. The molecule has 0 spiro atoms. The largest absolute Gasteiger partial charge is 0.423 e. The maximum Gasteiger partial charge on any atom is 0.346 e. The van der Waals surface area contributed by atoms with Crippen molar-refractivity contribution in [2.45, 2.75) is 13.8 Å². The van der Waals surface area contributed by atoms with Crippen molar-refractivity contribution >= 4 is 5.97 Å². The fraction of sp³-hybridized carbons (Fsp3) is 0.133. The minimum Gasteiger partial charge on any atom is -0.423 e. The molecule has 0 aromatic heterocycles. The summed E-state index contributed by atoms with van der Waals surface area (Å²) in [6.07, 6.45) is 0. The van der Waals surface area contributed by atoms with Gasteiger partial charge in [0.15, 0.2) is 17.5 Å². The third kappa shape index (κ3) is 2.66. The molecular weight excluding hydrogens is 269 g/mol. The van der Waals surface area contributed by atoms with E-state index in [1.54, 1.807) is 12.1 Å². The highest BCUT2D eigenvalue weighted by molar-refractivity contribution is 5.91. The highest BCUT2D eigenvalue weighted by Gasteiger charge is 2.22. The summed E-state index contributed by atoms with van der Waals surface area (Å²) in [7, 11) is 0. The summed E-state index contributed by atoms with van der Waals surface area (Å²) < 4.78 is 44.8. The first-order valence-corrected chi connectivity index (χ1v) is 5.83. The lowest BCUT2D eigenvalue weighted by molar-refractivity contribution is 0.0728. The number of benzene rings is 2. The second-order valence-electron chi connectivity index (χ2n) is 4.39. The van der Waals surface area contributed by atoms with Crippen molar-refractivity contribution in [1.82, 2.24) is 0 Å². The Morgan fingerprint density at radius 1 is 0.950 bits per heavy atom. The molecule has 0 unspecified atom stereocenters. The van der Waals surface area contributed by atoms with Crippen LogP contribution in [0.2, 0.25) is 0 Å². The van der Waals surface area contributed by atoms with E-state index in [1.807, 2.05) is 6.92 Å². The van der Waals surface area contributed by atoms with Crippen molar-refractivity contribution < 1.29 is 22.7 Å². The Bertz CT molecular complexity index is 664. The summed E-state index contributed by atoms with van der Waals surface area (Å²) in [6, 6.07) is 7.38. The SMILES string of the molecule is Cc1ccc(OC(=O)c2cc(C)c(F)c(F)c2F)cc1. The lowest BCUT2D eigenvalue weighted by atomic mass is 10.1. The molecule has 0 radical (unpaired) electrons. The molecule has 0 saturated heterocycles. The van der Waals surface area contributed by atoms with Gasteiger partial charge in [-0.1, -0.05) is 17.7 Å². The number of carbonyl (C=O) groups excluding carboxylic acids is 1. The lowest BCUT2D eigenvalue weighted by Crippen LogP contribution is -2.13. The minimum atomic E-state index is -1.68. The molecule has 104 valence electrons. The average Bonchev–Trinajstić information content (AvgIpc) is 2.43. The van der Waals surface area contributed by atoms with E-state index >= 15 is 0 Å². The van der Waals surface area contributed by atoms with Gasteiger partial charge in [0.2, 0.25) is 0 Å². The highest BCUT2D eigenvalue weighted by Crippen LogP contribution is 2.21. The van der Waals surface area contributed by atoms with Gasteiger partial charge in [0.25, 0.3) is 0 Å². The predicted octanol–water partition coefficient (Wildman–Crippen LogP) is 3.94. The van der Waals surface area contributed by atoms with E-state index in [1.165, 1.54) is 19.1 Å². The third-order valence-corrected chi connectivity index (χ3v) is 2.78. The number of rotatable bonds is 2. The van der Waals surface area contributed by atoms with Gasteiger partial charge in [-0.05, 0) is 37.6 Å². The van der Waals surface area contributed by atoms with E-state index in [0.717, 1.165) is 11.6 Å². The Morgan fingerprint density at radius 2 is 1.55 bits per heavy atom. The van der Waals surface area contributed by atoms with E-state index < -0.39 is 29.0 Å². The van der Waals surface area contributed by atoms with Gasteiger partial charge in [-0.3, -0.25) is 0 Å². The molecule has 20 heavy (non-hydrogen) atoms. The van der Waals surface area contributed by atoms with Crippen LogP contribution < -0.4 is 4.74 Å². The molecule has 0 aliphatic heterocycles. The number of hydrogen-bond acceptors (Lipinski definition) is 2. The molecule has 2 aromatic rings. The van der Waals surface area contributed by atoms with Crippen LogP contribution in [0.3, 0.4) is 0 Å². The van der Waals surface area contributed by atoms with Gasteiger partial charge in [0.05, 0.1) is 5.56 Å². The number of aryl methyl sites for hydroxylation is 2. The fourth-order valence-electron chi connectivity index (χ4n) is 1.65. The Morgan fingerprint density at radius 3 is 2.15 bits per heavy atom. The van der Waals surface area contributed by atoms with Gasteiger partial charge in [0, 0.05) is 0 Å². The molecule has 0 amide bonds. The summed E-state index contributed by atoms with van der Waals surface area (Å²) in [6.45, 7) is 3.09. The molecule has 2 rings (SSSR count). The molecular formula is C15H11F3O2. The first kappa shape index (κ1) is 14.1. The summed E-state index contributed by atoms with van der Waals surface area (Å²) >= 11 is 0. The van der Waals surface area contributed by atoms with Crippen LogP contribution in [0.15, 0.2) is 30.3 Å². The van der Waals surface area contributed by atoms with Gasteiger partial charge in [-0.15, -0.1) is 0 Å². The Kier molecular flexibility index (Phi) is 3.79. The summed E-state index contributed by atoms with van der Waals surface area (Å²) in [5, 5.41) is 0. The van der Waals surface area contributed by atoms with Crippen LogP contribution in [-0.4, -0.2) is 5.97 Å². The van der Waals surface area contributed by atoms with Crippen LogP contribution in [-0.2, 0) is 0 Å². The summed E-state index contributed by atoms with van der Waals surface area (Å²) in [5.41, 5.74) is 0.154. The number of esters is 1. The smallest absolute Gasteiger partial charge is 0.346 e. The van der Waals surface area contributed by atoms with Crippen LogP contribution in [0, 0.1) is 31.3 Å². The quantitative estimate of drug-likeness (QED) is 0.473. The van der Waals surface area contributed by atoms with Crippen molar-refractivity contribution in [2.24, 2.45) is 0 Å². The van der Waals surface area contributed by atoms with Crippen molar-refractivity contribution in [3.63, 3.8) is 0 Å². The standard InChI is InChI=1S/C15H11F3O2/c1-8-3-5-10(6-4-8)20-15(19)11-7-9(2)12(16)14(18)13(11)17/h3-7H,1-2H3. The maximum atomic E-state index is 13.5. The number of halogens is 3. The molecule has 0 fully saturated rings. The zero-order valence-electron chi connectivity index (χ0n) is 10.8. The van der Waals surface area contributed by atoms with Crippen molar-refractivity contribution in [3.05, 3.63) is 64.5 Å². The van der Waals surface area contributed by atoms with Crippen LogP contribution in [0.1, 0.15) is 21.5 Å². The molecule has 0 atom stereocenters. The fourth-order valence-corrected chi connectivity index (χ4v) is 1.65. The highest BCUT2D eigenvalue weighted by atomic mass is 19.2. The first-order valence-electron chi connectivity index (χ1n) is 5.83. The summed E-state index contributed by atoms with van der Waals surface area (Å²) in [4.78, 5) is 11.8. The topological polar surface area (TPSA) is 26.3 Å². The molecule has 0 aliphatic rings. The van der Waals surface area contributed by atoms with E-state index in [-0.39, 0.29) is 11.3 Å². The number of hydrogen-bond donors (Lipinski definition) is 0. The molecule has 0 heterocycles. The van der Waals surface area contributed by atoms with Gasteiger partial charge in [0.1, 0.15) is 5.75 Å². The maximum absolute atomic E-state index is 13.5. The zero-order valence-corrected chi connectivity index (χ0v) is 10.8. The molecule has 0 aliphatic carbocycles. The lowest BCUT2D eigenvalue weighted by Gasteiger charge is -2.08. The second-order valence-corrected chi connectivity index (χ2v) is 4.39. The molecule has 0 bridgehead atoms. The Hall–Kier alpha value is -2.30. The minimum absolute atomic E-state index is 0.167. The van der Waals surface area contributed by atoms with Gasteiger partial charge in [-0.2, -0.15) is 0 Å². The average molecular weight is 280 g/mol. The first-order chi connectivity index (χ1) is 9.40. The number of ether oxygens (including phenoxy) is 1. The van der Waals surface area contributed by atoms with Crippen molar-refractivity contribution in [1.29, 1.82) is 0 Å². The molecule has 0 N–H and O–H groups in total. The molecule has 5 heteroatoms. The van der Waals surface area contributed by atoms with Crippen LogP contribution in [0.4, 0.5) is 13.2 Å². The normalized spacial score (nSPS) is 10.4. The van der Waals surface area contributed by atoms with Crippen LogP contribution in [0.5, 0.6) is 5.75 Å². The Balaban J connectivity index is 2.32.